The molecule has 3 N–H and O–H groups in total. The van der Waals surface area contributed by atoms with Crippen molar-refractivity contribution in [3.8, 4) is 0 Å². The Morgan fingerprint density at radius 1 is 1.33 bits per heavy atom. The molecule has 0 fully saturated rings. The summed E-state index contributed by atoms with van der Waals surface area (Å²) in [5.74, 6) is -1.95. The molecule has 18 heavy (non-hydrogen) atoms. The van der Waals surface area contributed by atoms with Crippen LogP contribution < -0.4 is 0 Å². The van der Waals surface area contributed by atoms with E-state index in [9.17, 15) is 9.59 Å². The largest absolute Gasteiger partial charge is 0.481 e. The normalized spacial score (nSPS) is 13.9. The molecule has 0 bridgehead atoms. The monoisotopic (exact) mass is 361 g/mol. The van der Waals surface area contributed by atoms with E-state index in [1.54, 1.807) is 0 Å². The smallest absolute Gasteiger partial charge is 0.352 e. The third kappa shape index (κ3) is 2.58. The van der Waals surface area contributed by atoms with Crippen molar-refractivity contribution < 1.29 is 19.8 Å². The molecule has 0 radical (unpaired) electrons. The topological polar surface area (TPSA) is 90.4 Å². The van der Waals surface area contributed by atoms with E-state index in [2.05, 4.69) is 27.6 Å². The lowest BCUT2D eigenvalue weighted by Crippen LogP contribution is -2.06. The first-order valence-corrected chi connectivity index (χ1v) is 6.61. The Kier molecular flexibility index (Phi) is 3.74. The van der Waals surface area contributed by atoms with Crippen LogP contribution in [0.25, 0.3) is 6.08 Å². The molecule has 0 saturated carbocycles. The number of hydrogen-bond donors (Lipinski definition) is 3. The highest BCUT2D eigenvalue weighted by Gasteiger charge is 2.23. The fourth-order valence-electron chi connectivity index (χ4n) is 2.17. The molecule has 1 aliphatic rings. The zero-order valence-corrected chi connectivity index (χ0v) is 11.7. The van der Waals surface area contributed by atoms with Gasteiger partial charge in [-0.05, 0) is 62.6 Å². The number of aliphatic carboxylic acids is 1. The van der Waals surface area contributed by atoms with Gasteiger partial charge in [0.2, 0.25) is 0 Å². The number of fused-ring (bicyclic) bond motifs is 1. The average molecular weight is 361 g/mol. The second-order valence-electron chi connectivity index (χ2n) is 4.16. The molecule has 0 aromatic carbocycles. The van der Waals surface area contributed by atoms with Crippen molar-refractivity contribution in [3.63, 3.8) is 0 Å². The van der Waals surface area contributed by atoms with Crippen LogP contribution >= 0.6 is 22.6 Å². The summed E-state index contributed by atoms with van der Waals surface area (Å²) in [6, 6.07) is 0. The molecule has 0 saturated heterocycles. The molecule has 96 valence electrons. The van der Waals surface area contributed by atoms with Gasteiger partial charge >= 0.3 is 11.9 Å². The summed E-state index contributed by atoms with van der Waals surface area (Å²) in [7, 11) is 0. The van der Waals surface area contributed by atoms with E-state index in [0.29, 0.717) is 5.56 Å². The Morgan fingerprint density at radius 3 is 2.67 bits per heavy atom. The highest BCUT2D eigenvalue weighted by Crippen LogP contribution is 2.32. The molecule has 1 aromatic rings. The summed E-state index contributed by atoms with van der Waals surface area (Å²) in [6.07, 6.45) is 3.78. The molecule has 0 aliphatic heterocycles. The van der Waals surface area contributed by atoms with Crippen molar-refractivity contribution in [1.82, 2.24) is 4.98 Å². The number of hydrogen-bond acceptors (Lipinski definition) is 2. The Bertz CT molecular complexity index is 545. The molecule has 2 rings (SSSR count). The molecule has 1 aliphatic carbocycles. The van der Waals surface area contributed by atoms with Crippen LogP contribution in [-0.2, 0) is 17.6 Å². The molecule has 1 aromatic heterocycles. The number of carboxylic acids is 2. The maximum atomic E-state index is 11.2. The molecular weight excluding hydrogens is 349 g/mol. The number of allylic oxidation sites excluding steroid dienone is 1. The van der Waals surface area contributed by atoms with E-state index in [-0.39, 0.29) is 18.5 Å². The molecule has 0 spiro atoms. The highest BCUT2D eigenvalue weighted by atomic mass is 127. The van der Waals surface area contributed by atoms with Gasteiger partial charge in [-0.1, -0.05) is 0 Å². The number of carbonyl (C=O) groups is 2. The predicted octanol–water partition coefficient (Wildman–Crippen LogP) is 2.45. The summed E-state index contributed by atoms with van der Waals surface area (Å²) in [4.78, 5) is 24.7. The molecule has 0 amide bonds. The maximum absolute atomic E-state index is 11.2. The Morgan fingerprint density at radius 2 is 2.06 bits per heavy atom. The molecule has 0 atom stereocenters. The number of halogens is 1. The zero-order chi connectivity index (χ0) is 13.3. The highest BCUT2D eigenvalue weighted by molar-refractivity contribution is 14.1. The average Bonchev–Trinajstić information content (AvgIpc) is 2.64. The number of carboxylic acid groups (broad SMARTS) is 2. The van der Waals surface area contributed by atoms with Crippen molar-refractivity contribution in [2.45, 2.75) is 25.7 Å². The van der Waals surface area contributed by atoms with Crippen molar-refractivity contribution >= 4 is 40.6 Å². The first-order valence-electron chi connectivity index (χ1n) is 5.54. The van der Waals surface area contributed by atoms with Gasteiger partial charge < -0.3 is 15.2 Å². The number of aromatic carboxylic acids is 1. The Labute approximate surface area is 117 Å². The van der Waals surface area contributed by atoms with Crippen LogP contribution in [0.2, 0.25) is 0 Å². The van der Waals surface area contributed by atoms with Crippen molar-refractivity contribution in [2.24, 2.45) is 0 Å². The van der Waals surface area contributed by atoms with E-state index >= 15 is 0 Å². The minimum absolute atomic E-state index is 0.0502. The fourth-order valence-corrected chi connectivity index (χ4v) is 2.75. The van der Waals surface area contributed by atoms with Gasteiger partial charge in [0.25, 0.3) is 0 Å². The van der Waals surface area contributed by atoms with Crippen LogP contribution in [-0.4, -0.2) is 27.1 Å². The summed E-state index contributed by atoms with van der Waals surface area (Å²) in [5, 5.41) is 17.9. The Balaban J connectivity index is 2.42. The number of aromatic nitrogens is 1. The SMILES string of the molecule is O=C(O)CCc1c(C(=O)O)[nH]c2c1CCC(I)=C2. The lowest BCUT2D eigenvalue weighted by molar-refractivity contribution is -0.136. The van der Waals surface area contributed by atoms with E-state index in [0.717, 1.165) is 24.1 Å². The van der Waals surface area contributed by atoms with Crippen molar-refractivity contribution in [3.05, 3.63) is 26.1 Å². The van der Waals surface area contributed by atoms with Gasteiger partial charge in [0.1, 0.15) is 5.69 Å². The van der Waals surface area contributed by atoms with Crippen LogP contribution in [0.1, 0.15) is 40.2 Å². The fraction of sp³-hybridized carbons (Fsp3) is 0.333. The first-order chi connectivity index (χ1) is 8.49. The van der Waals surface area contributed by atoms with E-state index in [1.807, 2.05) is 6.08 Å². The van der Waals surface area contributed by atoms with Gasteiger partial charge in [-0.2, -0.15) is 0 Å². The van der Waals surface area contributed by atoms with Crippen LogP contribution in [0, 0.1) is 0 Å². The van der Waals surface area contributed by atoms with E-state index in [1.165, 1.54) is 3.58 Å². The molecule has 1 heterocycles. The quantitative estimate of drug-likeness (QED) is 0.719. The molecule has 6 heteroatoms. The summed E-state index contributed by atoms with van der Waals surface area (Å²) in [5.41, 5.74) is 2.53. The van der Waals surface area contributed by atoms with Crippen LogP contribution in [0.3, 0.4) is 0 Å². The lowest BCUT2D eigenvalue weighted by atomic mass is 9.96. The number of H-pyrrole nitrogens is 1. The number of nitrogens with one attached hydrogen (secondary N) is 1. The summed E-state index contributed by atoms with van der Waals surface area (Å²) >= 11 is 2.22. The second kappa shape index (κ2) is 5.13. The van der Waals surface area contributed by atoms with E-state index in [4.69, 9.17) is 10.2 Å². The number of rotatable bonds is 4. The summed E-state index contributed by atoms with van der Waals surface area (Å²) in [6.45, 7) is 0. The van der Waals surface area contributed by atoms with Crippen LogP contribution in [0.5, 0.6) is 0 Å². The third-order valence-corrected chi connectivity index (χ3v) is 3.82. The standard InChI is InChI=1S/C12H12INO4/c13-6-1-2-7-8(3-4-10(15)16)11(12(17)18)14-9(7)5-6/h5,14H,1-4H2,(H,15,16)(H,17,18). The van der Waals surface area contributed by atoms with Crippen LogP contribution in [0.15, 0.2) is 3.58 Å². The first kappa shape index (κ1) is 13.1. The van der Waals surface area contributed by atoms with Gasteiger partial charge in [0, 0.05) is 12.1 Å². The third-order valence-electron chi connectivity index (χ3n) is 2.97. The van der Waals surface area contributed by atoms with Gasteiger partial charge in [-0.25, -0.2) is 4.79 Å². The minimum Gasteiger partial charge on any atom is -0.481 e. The zero-order valence-electron chi connectivity index (χ0n) is 9.49. The second-order valence-corrected chi connectivity index (χ2v) is 5.55. The predicted molar refractivity (Wildman–Crippen MR) is 74.0 cm³/mol. The number of aromatic amines is 1. The van der Waals surface area contributed by atoms with Crippen LogP contribution in [0.4, 0.5) is 0 Å². The van der Waals surface area contributed by atoms with Gasteiger partial charge in [0.05, 0.1) is 0 Å². The Hall–Kier alpha value is -1.31. The molecule has 0 unspecified atom stereocenters. The lowest BCUT2D eigenvalue weighted by Gasteiger charge is -2.10. The minimum atomic E-state index is -1.03. The molecular formula is C12H12INO4. The molecule has 5 nitrogen and oxygen atoms in total. The van der Waals surface area contributed by atoms with E-state index < -0.39 is 11.9 Å². The maximum Gasteiger partial charge on any atom is 0.352 e. The van der Waals surface area contributed by atoms with Crippen molar-refractivity contribution in [1.29, 1.82) is 0 Å². The van der Waals surface area contributed by atoms with Crippen molar-refractivity contribution in [2.75, 3.05) is 0 Å². The van der Waals surface area contributed by atoms with Gasteiger partial charge in [0.15, 0.2) is 0 Å². The van der Waals surface area contributed by atoms with Gasteiger partial charge in [-0.3, -0.25) is 4.79 Å². The van der Waals surface area contributed by atoms with Gasteiger partial charge in [-0.15, -0.1) is 0 Å². The summed E-state index contributed by atoms with van der Waals surface area (Å²) < 4.78 is 1.17.